The number of ether oxygens (including phenoxy) is 1. The molecular weight excluding hydrogens is 617 g/mol. The van der Waals surface area contributed by atoms with Crippen LogP contribution in [0.1, 0.15) is 28.4 Å². The Morgan fingerprint density at radius 3 is 2.28 bits per heavy atom. The number of amides is 3. The van der Waals surface area contributed by atoms with Gasteiger partial charge in [0.15, 0.2) is 5.13 Å². The summed E-state index contributed by atoms with van der Waals surface area (Å²) in [6, 6.07) is 31.2. The van der Waals surface area contributed by atoms with E-state index in [2.05, 4.69) is 20.9 Å². The zero-order chi connectivity index (χ0) is 32.3. The predicted octanol–water partition coefficient (Wildman–Crippen LogP) is 7.66. The van der Waals surface area contributed by atoms with Crippen molar-refractivity contribution in [3.05, 3.63) is 131 Å². The van der Waals surface area contributed by atoms with E-state index < -0.39 is 5.91 Å². The molecule has 0 unspecified atom stereocenters. The molecule has 8 nitrogen and oxygen atoms in total. The summed E-state index contributed by atoms with van der Waals surface area (Å²) < 4.78 is 5.49. The number of hydrogen-bond donors (Lipinski definition) is 3. The molecule has 0 spiro atoms. The van der Waals surface area contributed by atoms with Crippen molar-refractivity contribution in [2.45, 2.75) is 18.7 Å². The maximum Gasteiger partial charge on any atom is 0.272 e. The molecule has 1 heterocycles. The number of aromatic nitrogens is 1. The third kappa shape index (κ3) is 9.16. The molecule has 0 bridgehead atoms. The summed E-state index contributed by atoms with van der Waals surface area (Å²) in [6.45, 7) is 4.53. The van der Waals surface area contributed by atoms with Crippen molar-refractivity contribution in [3.63, 3.8) is 0 Å². The van der Waals surface area contributed by atoms with E-state index in [1.165, 1.54) is 23.1 Å². The Hall–Kier alpha value is -5.19. The highest BCUT2D eigenvalue weighted by Gasteiger charge is 2.15. The number of nitrogens with one attached hydrogen (secondary N) is 3. The molecule has 3 amide bonds. The van der Waals surface area contributed by atoms with Gasteiger partial charge >= 0.3 is 0 Å². The van der Waals surface area contributed by atoms with Gasteiger partial charge in [0.25, 0.3) is 11.8 Å². The molecule has 0 aliphatic heterocycles. The molecule has 0 fully saturated rings. The van der Waals surface area contributed by atoms with Crippen molar-refractivity contribution in [1.29, 1.82) is 0 Å². The Balaban J connectivity index is 1.16. The summed E-state index contributed by atoms with van der Waals surface area (Å²) in [5.74, 6) is -0.0232. The van der Waals surface area contributed by atoms with Crippen LogP contribution in [0.3, 0.4) is 0 Å². The van der Waals surface area contributed by atoms with Gasteiger partial charge in [-0.05, 0) is 86.2 Å². The van der Waals surface area contributed by atoms with Crippen LogP contribution in [0.15, 0.2) is 119 Å². The van der Waals surface area contributed by atoms with E-state index in [1.807, 2.05) is 86.0 Å². The number of rotatable bonds is 12. The van der Waals surface area contributed by atoms with Crippen LogP contribution < -0.4 is 20.7 Å². The third-order valence-electron chi connectivity index (χ3n) is 6.61. The first-order valence-corrected chi connectivity index (χ1v) is 16.4. The van der Waals surface area contributed by atoms with Crippen LogP contribution in [-0.2, 0) is 9.59 Å². The molecule has 0 saturated heterocycles. The fourth-order valence-electron chi connectivity index (χ4n) is 4.26. The maximum atomic E-state index is 13.3. The molecule has 5 aromatic rings. The number of aryl methyl sites for hydroxylation is 1. The minimum absolute atomic E-state index is 0.112. The van der Waals surface area contributed by atoms with Gasteiger partial charge in [0, 0.05) is 27.1 Å². The average Bonchev–Trinajstić information content (AvgIpc) is 3.54. The zero-order valence-electron chi connectivity index (χ0n) is 25.3. The number of benzene rings is 4. The lowest BCUT2D eigenvalue weighted by Gasteiger charge is -2.12. The van der Waals surface area contributed by atoms with Crippen molar-refractivity contribution >= 4 is 57.7 Å². The van der Waals surface area contributed by atoms with E-state index in [0.29, 0.717) is 23.0 Å². The van der Waals surface area contributed by atoms with Crippen molar-refractivity contribution < 1.29 is 19.1 Å². The molecule has 0 aliphatic carbocycles. The van der Waals surface area contributed by atoms with E-state index in [9.17, 15) is 14.4 Å². The Morgan fingerprint density at radius 2 is 1.59 bits per heavy atom. The van der Waals surface area contributed by atoms with Gasteiger partial charge in [0.2, 0.25) is 5.91 Å². The first kappa shape index (κ1) is 32.2. The molecule has 5 rings (SSSR count). The average molecular weight is 649 g/mol. The smallest absolute Gasteiger partial charge is 0.272 e. The van der Waals surface area contributed by atoms with E-state index in [0.717, 1.165) is 33.0 Å². The van der Waals surface area contributed by atoms with Gasteiger partial charge < -0.3 is 20.7 Å². The molecule has 4 aromatic carbocycles. The van der Waals surface area contributed by atoms with Gasteiger partial charge in [-0.1, -0.05) is 48.0 Å². The molecule has 0 radical (unpaired) electrons. The Bertz CT molecular complexity index is 1820. The number of thiazole rings is 1. The van der Waals surface area contributed by atoms with Gasteiger partial charge in [0.05, 0.1) is 18.1 Å². The molecule has 10 heteroatoms. The second-order valence-corrected chi connectivity index (χ2v) is 12.0. The Kier molecular flexibility index (Phi) is 11.0. The Morgan fingerprint density at radius 1 is 0.870 bits per heavy atom. The van der Waals surface area contributed by atoms with Gasteiger partial charge in [0.1, 0.15) is 11.4 Å². The lowest BCUT2D eigenvalue weighted by Crippen LogP contribution is -2.30. The first-order chi connectivity index (χ1) is 22.4. The molecule has 46 heavy (non-hydrogen) atoms. The number of nitrogens with zero attached hydrogens (tertiary/aromatic N) is 1. The fourth-order valence-corrected chi connectivity index (χ4v) is 5.70. The van der Waals surface area contributed by atoms with E-state index >= 15 is 0 Å². The van der Waals surface area contributed by atoms with Gasteiger partial charge in [-0.15, -0.1) is 23.1 Å². The summed E-state index contributed by atoms with van der Waals surface area (Å²) in [6.07, 6.45) is 1.64. The predicted molar refractivity (Wildman–Crippen MR) is 186 cm³/mol. The highest BCUT2D eigenvalue weighted by molar-refractivity contribution is 8.00. The standard InChI is InChI=1S/C36H32N4O4S2/c1-3-44-29-17-13-26(14-18-29)32-22-46-36(39-32)40-33(41)23-45-30-19-15-28(16-20-30)37-35(43)31(21-25-11-9-24(2)10-12-25)38-34(42)27-7-5-4-6-8-27/h4-22H,3,23H2,1-2H3,(H,37,43)(H,38,42)(H,39,40,41)/b31-21-. The Labute approximate surface area is 275 Å². The largest absolute Gasteiger partial charge is 0.494 e. The van der Waals surface area contributed by atoms with E-state index in [1.54, 1.807) is 42.5 Å². The molecule has 0 atom stereocenters. The summed E-state index contributed by atoms with van der Waals surface area (Å²) in [5, 5.41) is 10.9. The minimum Gasteiger partial charge on any atom is -0.494 e. The van der Waals surface area contributed by atoms with Gasteiger partial charge in [-0.2, -0.15) is 0 Å². The van der Waals surface area contributed by atoms with Crippen LogP contribution in [-0.4, -0.2) is 35.1 Å². The fraction of sp³-hybridized carbons (Fsp3) is 0.111. The summed E-state index contributed by atoms with van der Waals surface area (Å²) in [5.41, 5.74) is 4.69. The number of hydrogen-bond acceptors (Lipinski definition) is 7. The minimum atomic E-state index is -0.460. The van der Waals surface area contributed by atoms with Crippen LogP contribution in [0.5, 0.6) is 5.75 Å². The van der Waals surface area contributed by atoms with Crippen molar-refractivity contribution in [3.8, 4) is 17.0 Å². The van der Waals surface area contributed by atoms with Crippen LogP contribution >= 0.6 is 23.1 Å². The molecular formula is C36H32N4O4S2. The van der Waals surface area contributed by atoms with Crippen molar-refractivity contribution in [1.82, 2.24) is 10.3 Å². The van der Waals surface area contributed by atoms with Gasteiger partial charge in [-0.3, -0.25) is 14.4 Å². The highest BCUT2D eigenvalue weighted by atomic mass is 32.2. The maximum absolute atomic E-state index is 13.3. The lowest BCUT2D eigenvalue weighted by atomic mass is 10.1. The molecule has 232 valence electrons. The molecule has 3 N–H and O–H groups in total. The highest BCUT2D eigenvalue weighted by Crippen LogP contribution is 2.27. The summed E-state index contributed by atoms with van der Waals surface area (Å²) in [4.78, 5) is 44.2. The number of carbonyl (C=O) groups excluding carboxylic acids is 3. The molecule has 1 aromatic heterocycles. The van der Waals surface area contributed by atoms with Crippen LogP contribution in [0.2, 0.25) is 0 Å². The van der Waals surface area contributed by atoms with E-state index in [-0.39, 0.29) is 23.3 Å². The van der Waals surface area contributed by atoms with Gasteiger partial charge in [-0.25, -0.2) is 4.98 Å². The van der Waals surface area contributed by atoms with Crippen molar-refractivity contribution in [2.75, 3.05) is 23.0 Å². The first-order valence-electron chi connectivity index (χ1n) is 14.5. The zero-order valence-corrected chi connectivity index (χ0v) is 26.9. The number of carbonyl (C=O) groups is 3. The normalized spacial score (nSPS) is 11.0. The number of thioether (sulfide) groups is 1. The second kappa shape index (κ2) is 15.7. The SMILES string of the molecule is CCOc1ccc(-c2csc(NC(=O)CSc3ccc(NC(=O)/C(=C/c4ccc(C)cc4)NC(=O)c4ccccc4)cc3)n2)cc1. The van der Waals surface area contributed by atoms with Crippen LogP contribution in [0.4, 0.5) is 10.8 Å². The summed E-state index contributed by atoms with van der Waals surface area (Å²) in [7, 11) is 0. The monoisotopic (exact) mass is 648 g/mol. The topological polar surface area (TPSA) is 109 Å². The van der Waals surface area contributed by atoms with Crippen LogP contribution in [0, 0.1) is 6.92 Å². The quantitative estimate of drug-likeness (QED) is 0.0947. The van der Waals surface area contributed by atoms with Crippen molar-refractivity contribution in [2.24, 2.45) is 0 Å². The van der Waals surface area contributed by atoms with E-state index in [4.69, 9.17) is 4.74 Å². The molecule has 0 saturated carbocycles. The van der Waals surface area contributed by atoms with Crippen LogP contribution in [0.25, 0.3) is 17.3 Å². The molecule has 0 aliphatic rings. The summed E-state index contributed by atoms with van der Waals surface area (Å²) >= 11 is 2.74. The lowest BCUT2D eigenvalue weighted by molar-refractivity contribution is -0.114. The number of anilines is 2. The third-order valence-corrected chi connectivity index (χ3v) is 8.38. The second-order valence-electron chi connectivity index (χ2n) is 10.1.